The van der Waals surface area contributed by atoms with Gasteiger partial charge < -0.3 is 5.32 Å². The zero-order valence-corrected chi connectivity index (χ0v) is 12.1. The van der Waals surface area contributed by atoms with Crippen LogP contribution in [0.5, 0.6) is 0 Å². The highest BCUT2D eigenvalue weighted by atomic mass is 19.3. The lowest BCUT2D eigenvalue weighted by atomic mass is 9.74. The molecule has 0 radical (unpaired) electrons. The second-order valence-electron chi connectivity index (χ2n) is 6.60. The summed E-state index contributed by atoms with van der Waals surface area (Å²) in [6.45, 7) is 1.91. The summed E-state index contributed by atoms with van der Waals surface area (Å²) in [5, 5.41) is 6.59. The van der Waals surface area contributed by atoms with Crippen LogP contribution >= 0.6 is 0 Å². The Morgan fingerprint density at radius 3 is 2.86 bits per heavy atom. The fraction of sp³-hybridized carbons (Fsp3) is 0.733. The number of hydrogen-bond acceptors (Lipinski definition) is 2. The van der Waals surface area contributed by atoms with Crippen LogP contribution < -0.4 is 5.32 Å². The molecule has 4 unspecified atom stereocenters. The average molecular weight is 297 g/mol. The molecular weight excluding hydrogens is 276 g/mol. The van der Waals surface area contributed by atoms with Gasteiger partial charge in [-0.15, -0.1) is 0 Å². The van der Waals surface area contributed by atoms with Crippen molar-refractivity contribution in [1.82, 2.24) is 15.1 Å². The van der Waals surface area contributed by atoms with E-state index >= 15 is 0 Å². The minimum absolute atomic E-state index is 0.0764. The zero-order chi connectivity index (χ0) is 15.0. The number of fused-ring (bicyclic) bond motifs is 2. The SMILES string of the molecule is CC1(C(=O)NCC(C(F)F)n2cccn2)CC2CCC1C2. The van der Waals surface area contributed by atoms with Crippen LogP contribution in [0.15, 0.2) is 18.5 Å². The van der Waals surface area contributed by atoms with E-state index in [9.17, 15) is 13.6 Å². The number of rotatable bonds is 5. The summed E-state index contributed by atoms with van der Waals surface area (Å²) in [5.74, 6) is 0.979. The summed E-state index contributed by atoms with van der Waals surface area (Å²) in [5.41, 5.74) is -0.375. The zero-order valence-electron chi connectivity index (χ0n) is 12.1. The van der Waals surface area contributed by atoms with Crippen molar-refractivity contribution in [2.24, 2.45) is 17.3 Å². The van der Waals surface area contributed by atoms with Gasteiger partial charge in [-0.1, -0.05) is 13.3 Å². The van der Waals surface area contributed by atoms with Crippen molar-refractivity contribution in [2.75, 3.05) is 6.54 Å². The Morgan fingerprint density at radius 1 is 1.52 bits per heavy atom. The van der Waals surface area contributed by atoms with E-state index in [0.717, 1.165) is 19.3 Å². The Balaban J connectivity index is 1.62. The van der Waals surface area contributed by atoms with Gasteiger partial charge in [-0.2, -0.15) is 5.10 Å². The maximum Gasteiger partial charge on any atom is 0.262 e. The Labute approximate surface area is 122 Å². The van der Waals surface area contributed by atoms with E-state index in [2.05, 4.69) is 10.4 Å². The van der Waals surface area contributed by atoms with Gasteiger partial charge in [-0.25, -0.2) is 8.78 Å². The van der Waals surface area contributed by atoms with E-state index < -0.39 is 12.5 Å². The number of aromatic nitrogens is 2. The number of alkyl halides is 2. The molecule has 0 aliphatic heterocycles. The molecule has 4 nitrogen and oxygen atoms in total. The molecule has 21 heavy (non-hydrogen) atoms. The van der Waals surface area contributed by atoms with Crippen LogP contribution in [0.4, 0.5) is 8.78 Å². The minimum atomic E-state index is -2.56. The van der Waals surface area contributed by atoms with Crippen LogP contribution in [0, 0.1) is 17.3 Å². The van der Waals surface area contributed by atoms with Crippen molar-refractivity contribution in [3.63, 3.8) is 0 Å². The smallest absolute Gasteiger partial charge is 0.262 e. The van der Waals surface area contributed by atoms with Gasteiger partial charge in [0.1, 0.15) is 6.04 Å². The number of amides is 1. The molecule has 116 valence electrons. The minimum Gasteiger partial charge on any atom is -0.353 e. The molecule has 4 atom stereocenters. The molecule has 1 amide bonds. The lowest BCUT2D eigenvalue weighted by Crippen LogP contribution is -2.45. The second-order valence-corrected chi connectivity index (χ2v) is 6.60. The lowest BCUT2D eigenvalue weighted by Gasteiger charge is -2.33. The van der Waals surface area contributed by atoms with Crippen molar-refractivity contribution in [3.05, 3.63) is 18.5 Å². The van der Waals surface area contributed by atoms with Crippen molar-refractivity contribution in [1.29, 1.82) is 0 Å². The quantitative estimate of drug-likeness (QED) is 0.908. The third-order valence-electron chi connectivity index (χ3n) is 5.30. The van der Waals surface area contributed by atoms with Crippen LogP contribution in [-0.4, -0.2) is 28.7 Å². The van der Waals surface area contributed by atoms with Gasteiger partial charge >= 0.3 is 0 Å². The van der Waals surface area contributed by atoms with Gasteiger partial charge in [0.2, 0.25) is 5.91 Å². The highest BCUT2D eigenvalue weighted by Crippen LogP contribution is 2.55. The van der Waals surface area contributed by atoms with Crippen molar-refractivity contribution in [3.8, 4) is 0 Å². The van der Waals surface area contributed by atoms with E-state index in [4.69, 9.17) is 0 Å². The average Bonchev–Trinajstić information content (AvgIpc) is 3.14. The first-order chi connectivity index (χ1) is 10.0. The predicted octanol–water partition coefficient (Wildman–Crippen LogP) is 2.63. The number of halogens is 2. The standard InChI is InChI=1S/C15H21F2N3O/c1-15(8-10-3-4-11(15)7-10)14(21)18-9-12(13(16)17)20-6-2-5-19-20/h2,5-6,10-13H,3-4,7-9H2,1H3,(H,18,21). The van der Waals surface area contributed by atoms with Crippen molar-refractivity contribution < 1.29 is 13.6 Å². The van der Waals surface area contributed by atoms with Gasteiger partial charge in [-0.05, 0) is 37.2 Å². The summed E-state index contributed by atoms with van der Waals surface area (Å²) < 4.78 is 27.5. The summed E-state index contributed by atoms with van der Waals surface area (Å²) in [6.07, 6.45) is 4.72. The molecule has 0 spiro atoms. The number of nitrogens with one attached hydrogen (secondary N) is 1. The second kappa shape index (κ2) is 5.39. The molecule has 2 fully saturated rings. The highest BCUT2D eigenvalue weighted by Gasteiger charge is 2.52. The van der Waals surface area contributed by atoms with E-state index in [1.165, 1.54) is 23.5 Å². The fourth-order valence-corrected chi connectivity index (χ4v) is 4.06. The highest BCUT2D eigenvalue weighted by molar-refractivity contribution is 5.83. The molecule has 0 aromatic carbocycles. The topological polar surface area (TPSA) is 46.9 Å². The van der Waals surface area contributed by atoms with Gasteiger partial charge in [-0.3, -0.25) is 9.48 Å². The predicted molar refractivity (Wildman–Crippen MR) is 73.8 cm³/mol. The molecule has 1 aromatic rings. The normalized spacial score (nSPS) is 32.6. The molecule has 0 saturated heterocycles. The molecule has 3 rings (SSSR count). The summed E-state index contributed by atoms with van der Waals surface area (Å²) >= 11 is 0. The summed E-state index contributed by atoms with van der Waals surface area (Å²) in [4.78, 5) is 12.5. The third-order valence-corrected chi connectivity index (χ3v) is 5.30. The lowest BCUT2D eigenvalue weighted by molar-refractivity contribution is -0.133. The maximum atomic E-state index is 13.1. The number of carbonyl (C=O) groups is 1. The molecular formula is C15H21F2N3O. The summed E-state index contributed by atoms with van der Waals surface area (Å²) in [7, 11) is 0. The van der Waals surface area contributed by atoms with Gasteiger partial charge in [0.05, 0.1) is 0 Å². The molecule has 2 aliphatic rings. The Hall–Kier alpha value is -1.46. The number of carbonyl (C=O) groups excluding carboxylic acids is 1. The molecule has 2 aliphatic carbocycles. The Kier molecular flexibility index (Phi) is 3.71. The molecule has 6 heteroatoms. The van der Waals surface area contributed by atoms with Crippen LogP contribution in [0.1, 0.15) is 38.6 Å². The van der Waals surface area contributed by atoms with Crippen LogP contribution in [0.3, 0.4) is 0 Å². The molecule has 1 N–H and O–H groups in total. The van der Waals surface area contributed by atoms with Gasteiger partial charge in [0.15, 0.2) is 0 Å². The Morgan fingerprint density at radius 2 is 2.33 bits per heavy atom. The van der Waals surface area contributed by atoms with E-state index in [-0.39, 0.29) is 17.9 Å². The number of nitrogens with zero attached hydrogens (tertiary/aromatic N) is 2. The monoisotopic (exact) mass is 297 g/mol. The van der Waals surface area contributed by atoms with E-state index in [1.54, 1.807) is 6.07 Å². The molecule has 2 bridgehead atoms. The summed E-state index contributed by atoms with van der Waals surface area (Å²) in [6, 6.07) is 0.500. The first-order valence-corrected chi connectivity index (χ1v) is 7.56. The Bertz CT molecular complexity index is 505. The van der Waals surface area contributed by atoms with Crippen LogP contribution in [0.2, 0.25) is 0 Å². The first kappa shape index (κ1) is 14.5. The maximum absolute atomic E-state index is 13.1. The van der Waals surface area contributed by atoms with Crippen LogP contribution in [-0.2, 0) is 4.79 Å². The van der Waals surface area contributed by atoms with Crippen LogP contribution in [0.25, 0.3) is 0 Å². The van der Waals surface area contributed by atoms with E-state index in [0.29, 0.717) is 11.8 Å². The van der Waals surface area contributed by atoms with Gasteiger partial charge in [0, 0.05) is 24.4 Å². The largest absolute Gasteiger partial charge is 0.353 e. The third kappa shape index (κ3) is 2.56. The van der Waals surface area contributed by atoms with Crippen molar-refractivity contribution in [2.45, 2.75) is 45.1 Å². The number of hydrogen-bond donors (Lipinski definition) is 1. The molecule has 1 aromatic heterocycles. The van der Waals surface area contributed by atoms with E-state index in [1.807, 2.05) is 6.92 Å². The van der Waals surface area contributed by atoms with Gasteiger partial charge in [0.25, 0.3) is 6.43 Å². The fourth-order valence-electron chi connectivity index (χ4n) is 4.06. The molecule has 2 saturated carbocycles. The molecule has 1 heterocycles. The van der Waals surface area contributed by atoms with Crippen molar-refractivity contribution >= 4 is 5.91 Å². The first-order valence-electron chi connectivity index (χ1n) is 7.56.